The van der Waals surface area contributed by atoms with Crippen molar-refractivity contribution in [2.45, 2.75) is 13.1 Å². The van der Waals surface area contributed by atoms with Gasteiger partial charge in [-0.05, 0) is 36.6 Å². The summed E-state index contributed by atoms with van der Waals surface area (Å²) in [6.07, 6.45) is -4.31. The van der Waals surface area contributed by atoms with Gasteiger partial charge in [-0.3, -0.25) is 0 Å². The number of fused-ring (bicyclic) bond motifs is 1. The van der Waals surface area contributed by atoms with Crippen molar-refractivity contribution in [2.24, 2.45) is 0 Å². The standard InChI is InChI=1S/C14H10F3NS/c1-8-13(12-3-2-6-19-12)10-7-9(14(15,16)17)4-5-11(10)18-8/h2-7,18H,1H3. The zero-order valence-corrected chi connectivity index (χ0v) is 10.8. The highest BCUT2D eigenvalue weighted by molar-refractivity contribution is 7.13. The molecule has 0 aliphatic rings. The first kappa shape index (κ1) is 12.3. The van der Waals surface area contributed by atoms with E-state index in [0.717, 1.165) is 27.7 Å². The van der Waals surface area contributed by atoms with Crippen LogP contribution in [0.4, 0.5) is 13.2 Å². The van der Waals surface area contributed by atoms with E-state index in [1.54, 1.807) is 0 Å². The third-order valence-electron chi connectivity index (χ3n) is 3.08. The zero-order valence-electron chi connectivity index (χ0n) is 10.0. The first-order chi connectivity index (χ1) is 8.97. The van der Waals surface area contributed by atoms with Crippen molar-refractivity contribution in [1.82, 2.24) is 4.98 Å². The largest absolute Gasteiger partial charge is 0.416 e. The number of benzene rings is 1. The maximum absolute atomic E-state index is 12.8. The first-order valence-corrected chi connectivity index (χ1v) is 6.58. The van der Waals surface area contributed by atoms with E-state index in [2.05, 4.69) is 4.98 Å². The third kappa shape index (κ3) is 2.04. The predicted molar refractivity (Wildman–Crippen MR) is 71.4 cm³/mol. The van der Waals surface area contributed by atoms with Gasteiger partial charge in [-0.15, -0.1) is 11.3 Å². The number of thiophene rings is 1. The van der Waals surface area contributed by atoms with Crippen molar-refractivity contribution in [3.63, 3.8) is 0 Å². The summed E-state index contributed by atoms with van der Waals surface area (Å²) in [6.45, 7) is 1.88. The molecule has 0 saturated carbocycles. The van der Waals surface area contributed by atoms with Crippen LogP contribution >= 0.6 is 11.3 Å². The molecule has 98 valence electrons. The average Bonchev–Trinajstić information content (AvgIpc) is 2.92. The SMILES string of the molecule is Cc1[nH]c2ccc(C(F)(F)F)cc2c1-c1cccs1. The monoisotopic (exact) mass is 281 g/mol. The van der Waals surface area contributed by atoms with Crippen molar-refractivity contribution in [3.05, 3.63) is 47.0 Å². The molecule has 0 saturated heterocycles. The molecule has 0 atom stereocenters. The summed E-state index contributed by atoms with van der Waals surface area (Å²) in [4.78, 5) is 4.11. The third-order valence-corrected chi connectivity index (χ3v) is 3.97. The van der Waals surface area contributed by atoms with Gasteiger partial charge in [-0.1, -0.05) is 6.07 Å². The Labute approximate surface area is 111 Å². The topological polar surface area (TPSA) is 15.8 Å². The van der Waals surface area contributed by atoms with Crippen LogP contribution in [-0.4, -0.2) is 4.98 Å². The molecule has 0 bridgehead atoms. The van der Waals surface area contributed by atoms with E-state index < -0.39 is 11.7 Å². The second-order valence-electron chi connectivity index (χ2n) is 4.36. The van der Waals surface area contributed by atoms with Gasteiger partial charge in [0.25, 0.3) is 0 Å². The highest BCUT2D eigenvalue weighted by Crippen LogP contribution is 2.38. The second-order valence-corrected chi connectivity index (χ2v) is 5.31. The Kier molecular flexibility index (Phi) is 2.67. The molecule has 2 heterocycles. The number of rotatable bonds is 1. The van der Waals surface area contributed by atoms with Gasteiger partial charge in [-0.25, -0.2) is 0 Å². The number of nitrogens with one attached hydrogen (secondary N) is 1. The lowest BCUT2D eigenvalue weighted by atomic mass is 10.1. The summed E-state index contributed by atoms with van der Waals surface area (Å²) in [5, 5.41) is 2.54. The molecule has 1 nitrogen and oxygen atoms in total. The van der Waals surface area contributed by atoms with E-state index in [0.29, 0.717) is 5.39 Å². The molecule has 0 spiro atoms. The minimum atomic E-state index is -4.31. The number of hydrogen-bond donors (Lipinski definition) is 1. The molecule has 0 aliphatic carbocycles. The van der Waals surface area contributed by atoms with Crippen molar-refractivity contribution >= 4 is 22.2 Å². The maximum atomic E-state index is 12.8. The smallest absolute Gasteiger partial charge is 0.358 e. The number of H-pyrrole nitrogens is 1. The minimum absolute atomic E-state index is 0.614. The van der Waals surface area contributed by atoms with Gasteiger partial charge in [0.1, 0.15) is 0 Å². The van der Waals surface area contributed by atoms with Crippen LogP contribution in [0.2, 0.25) is 0 Å². The molecule has 0 radical (unpaired) electrons. The number of aromatic amines is 1. The lowest BCUT2D eigenvalue weighted by Gasteiger charge is -2.06. The fraction of sp³-hybridized carbons (Fsp3) is 0.143. The molecule has 5 heteroatoms. The highest BCUT2D eigenvalue weighted by atomic mass is 32.1. The van der Waals surface area contributed by atoms with E-state index in [1.807, 2.05) is 24.4 Å². The molecule has 1 aromatic carbocycles. The number of hydrogen-bond acceptors (Lipinski definition) is 1. The number of aryl methyl sites for hydroxylation is 1. The predicted octanol–water partition coefficient (Wildman–Crippen LogP) is 5.22. The van der Waals surface area contributed by atoms with E-state index in [4.69, 9.17) is 0 Å². The van der Waals surface area contributed by atoms with Gasteiger partial charge < -0.3 is 4.98 Å². The first-order valence-electron chi connectivity index (χ1n) is 5.70. The van der Waals surface area contributed by atoms with E-state index in [9.17, 15) is 13.2 Å². The Hall–Kier alpha value is -1.75. The summed E-state index contributed by atoms with van der Waals surface area (Å²) in [6, 6.07) is 7.62. The van der Waals surface area contributed by atoms with Crippen LogP contribution in [0.1, 0.15) is 11.3 Å². The Balaban J connectivity index is 2.30. The summed E-state index contributed by atoms with van der Waals surface area (Å²) in [5.41, 5.74) is 1.86. The molecule has 1 N–H and O–H groups in total. The van der Waals surface area contributed by atoms with Gasteiger partial charge in [0.05, 0.1) is 5.56 Å². The van der Waals surface area contributed by atoms with E-state index in [-0.39, 0.29) is 0 Å². The summed E-state index contributed by atoms with van der Waals surface area (Å²) >= 11 is 1.52. The van der Waals surface area contributed by atoms with E-state index in [1.165, 1.54) is 23.5 Å². The van der Waals surface area contributed by atoms with Gasteiger partial charge in [-0.2, -0.15) is 13.2 Å². The van der Waals surface area contributed by atoms with Crippen molar-refractivity contribution < 1.29 is 13.2 Å². The van der Waals surface area contributed by atoms with Crippen molar-refractivity contribution in [3.8, 4) is 10.4 Å². The summed E-state index contributed by atoms with van der Waals surface area (Å²) < 4.78 is 38.4. The molecule has 0 aliphatic heterocycles. The van der Waals surface area contributed by atoms with Gasteiger partial charge >= 0.3 is 6.18 Å². The lowest BCUT2D eigenvalue weighted by molar-refractivity contribution is -0.137. The van der Waals surface area contributed by atoms with Crippen LogP contribution in [-0.2, 0) is 6.18 Å². The lowest BCUT2D eigenvalue weighted by Crippen LogP contribution is -2.04. The Morgan fingerprint density at radius 2 is 1.95 bits per heavy atom. The van der Waals surface area contributed by atoms with Crippen LogP contribution < -0.4 is 0 Å². The number of aromatic nitrogens is 1. The van der Waals surface area contributed by atoms with Gasteiger partial charge in [0, 0.05) is 27.0 Å². The van der Waals surface area contributed by atoms with Crippen LogP contribution in [0, 0.1) is 6.92 Å². The fourth-order valence-corrected chi connectivity index (χ4v) is 3.08. The van der Waals surface area contributed by atoms with Gasteiger partial charge in [0.2, 0.25) is 0 Å². The molecule has 19 heavy (non-hydrogen) atoms. The number of alkyl halides is 3. The molecule has 0 amide bonds. The van der Waals surface area contributed by atoms with Crippen LogP contribution in [0.15, 0.2) is 35.7 Å². The molecule has 0 unspecified atom stereocenters. The quantitative estimate of drug-likeness (QED) is 0.629. The van der Waals surface area contributed by atoms with Crippen molar-refractivity contribution in [1.29, 1.82) is 0 Å². The average molecular weight is 281 g/mol. The molecule has 3 aromatic rings. The van der Waals surface area contributed by atoms with E-state index >= 15 is 0 Å². The van der Waals surface area contributed by atoms with Crippen LogP contribution in [0.3, 0.4) is 0 Å². The summed E-state index contributed by atoms with van der Waals surface area (Å²) in [7, 11) is 0. The Morgan fingerprint density at radius 1 is 1.16 bits per heavy atom. The van der Waals surface area contributed by atoms with Crippen LogP contribution in [0.5, 0.6) is 0 Å². The molecular formula is C14H10F3NS. The molecule has 3 rings (SSSR count). The Morgan fingerprint density at radius 3 is 2.58 bits per heavy atom. The van der Waals surface area contributed by atoms with Gasteiger partial charge in [0.15, 0.2) is 0 Å². The fourth-order valence-electron chi connectivity index (χ4n) is 2.24. The second kappa shape index (κ2) is 4.13. The highest BCUT2D eigenvalue weighted by Gasteiger charge is 2.31. The zero-order chi connectivity index (χ0) is 13.6. The molecular weight excluding hydrogens is 271 g/mol. The molecule has 0 fully saturated rings. The Bertz CT molecular complexity index is 723. The normalized spacial score (nSPS) is 12.2. The number of halogens is 3. The minimum Gasteiger partial charge on any atom is -0.358 e. The maximum Gasteiger partial charge on any atom is 0.416 e. The van der Waals surface area contributed by atoms with Crippen molar-refractivity contribution in [2.75, 3.05) is 0 Å². The summed E-state index contributed by atoms with van der Waals surface area (Å²) in [5.74, 6) is 0. The van der Waals surface area contributed by atoms with Crippen LogP contribution in [0.25, 0.3) is 21.3 Å². The molecule has 2 aromatic heterocycles.